The highest BCUT2D eigenvalue weighted by atomic mass is 16.1. The van der Waals surface area contributed by atoms with Gasteiger partial charge in [0.1, 0.15) is 0 Å². The molecule has 1 rings (SSSR count). The average Bonchev–Trinajstić information content (AvgIpc) is 2.28. The second-order valence-electron chi connectivity index (χ2n) is 4.93. The lowest BCUT2D eigenvalue weighted by molar-refractivity contribution is -0.121. The molecule has 94 valence electrons. The van der Waals surface area contributed by atoms with E-state index in [1.54, 1.807) is 0 Å². The molecule has 0 bridgehead atoms. The highest BCUT2D eigenvalue weighted by Gasteiger charge is 2.21. The molecule has 0 saturated heterocycles. The molecule has 0 heterocycles. The Hall–Kier alpha value is -0.570. The highest BCUT2D eigenvalue weighted by Crippen LogP contribution is 2.28. The molecule has 16 heavy (non-hydrogen) atoms. The maximum Gasteiger partial charge on any atom is 0.221 e. The number of carbonyl (C=O) groups is 1. The first-order valence-corrected chi connectivity index (χ1v) is 6.71. The van der Waals surface area contributed by atoms with E-state index in [-0.39, 0.29) is 5.91 Å². The molecule has 3 heteroatoms. The molecule has 2 N–H and O–H groups in total. The number of hydrogen-bond donors (Lipinski definition) is 2. The minimum Gasteiger partial charge on any atom is -0.356 e. The predicted octanol–water partition coefficient (Wildman–Crippen LogP) is 1.93. The van der Waals surface area contributed by atoms with E-state index in [2.05, 4.69) is 24.5 Å². The molecule has 0 aliphatic heterocycles. The van der Waals surface area contributed by atoms with Crippen molar-refractivity contribution in [2.45, 2.75) is 46.0 Å². The van der Waals surface area contributed by atoms with E-state index in [9.17, 15) is 4.79 Å². The third-order valence-electron chi connectivity index (χ3n) is 3.63. The van der Waals surface area contributed by atoms with E-state index in [1.165, 1.54) is 25.7 Å². The van der Waals surface area contributed by atoms with Crippen LogP contribution in [0, 0.1) is 11.8 Å². The van der Waals surface area contributed by atoms with Crippen LogP contribution in [0.5, 0.6) is 0 Å². The molecule has 1 aliphatic rings. The monoisotopic (exact) mass is 226 g/mol. The van der Waals surface area contributed by atoms with Gasteiger partial charge < -0.3 is 10.6 Å². The van der Waals surface area contributed by atoms with Crippen molar-refractivity contribution in [2.24, 2.45) is 11.8 Å². The summed E-state index contributed by atoms with van der Waals surface area (Å²) in [7, 11) is 0. The Kier molecular flexibility index (Phi) is 6.46. The van der Waals surface area contributed by atoms with E-state index in [1.807, 2.05) is 0 Å². The topological polar surface area (TPSA) is 41.1 Å². The first kappa shape index (κ1) is 13.5. The Bertz CT molecular complexity index is 206. The fraction of sp³-hybridized carbons (Fsp3) is 0.923. The Labute approximate surface area is 99.4 Å². The SMILES string of the molecule is CCNCCC(=O)NCC1CCCCC1C. The van der Waals surface area contributed by atoms with Gasteiger partial charge in [-0.15, -0.1) is 0 Å². The smallest absolute Gasteiger partial charge is 0.221 e. The van der Waals surface area contributed by atoms with E-state index in [0.717, 1.165) is 25.6 Å². The van der Waals surface area contributed by atoms with Gasteiger partial charge in [-0.3, -0.25) is 4.79 Å². The van der Waals surface area contributed by atoms with Crippen LogP contribution in [-0.4, -0.2) is 25.5 Å². The third-order valence-corrected chi connectivity index (χ3v) is 3.63. The van der Waals surface area contributed by atoms with Crippen molar-refractivity contribution in [2.75, 3.05) is 19.6 Å². The van der Waals surface area contributed by atoms with Gasteiger partial charge in [-0.05, 0) is 24.8 Å². The Morgan fingerprint density at radius 2 is 2.06 bits per heavy atom. The molecule has 0 aromatic heterocycles. The van der Waals surface area contributed by atoms with Crippen LogP contribution in [0.1, 0.15) is 46.0 Å². The van der Waals surface area contributed by atoms with Gasteiger partial charge in [0.25, 0.3) is 0 Å². The van der Waals surface area contributed by atoms with Gasteiger partial charge in [0.2, 0.25) is 5.91 Å². The van der Waals surface area contributed by atoms with Crippen LogP contribution in [0.25, 0.3) is 0 Å². The van der Waals surface area contributed by atoms with Crippen molar-refractivity contribution in [1.82, 2.24) is 10.6 Å². The van der Waals surface area contributed by atoms with Crippen molar-refractivity contribution in [3.63, 3.8) is 0 Å². The highest BCUT2D eigenvalue weighted by molar-refractivity contribution is 5.76. The second kappa shape index (κ2) is 7.66. The number of rotatable bonds is 6. The molecule has 0 aromatic carbocycles. The van der Waals surface area contributed by atoms with E-state index >= 15 is 0 Å². The van der Waals surface area contributed by atoms with Crippen LogP contribution in [0.15, 0.2) is 0 Å². The van der Waals surface area contributed by atoms with Crippen LogP contribution >= 0.6 is 0 Å². The zero-order valence-electron chi connectivity index (χ0n) is 10.7. The maximum atomic E-state index is 11.5. The third kappa shape index (κ3) is 4.97. The average molecular weight is 226 g/mol. The van der Waals surface area contributed by atoms with Crippen molar-refractivity contribution in [3.8, 4) is 0 Å². The molecule has 1 aliphatic carbocycles. The van der Waals surface area contributed by atoms with Gasteiger partial charge in [0.15, 0.2) is 0 Å². The van der Waals surface area contributed by atoms with E-state index < -0.39 is 0 Å². The summed E-state index contributed by atoms with van der Waals surface area (Å²) < 4.78 is 0. The largest absolute Gasteiger partial charge is 0.356 e. The molecule has 1 amide bonds. The van der Waals surface area contributed by atoms with Crippen LogP contribution < -0.4 is 10.6 Å². The number of amides is 1. The summed E-state index contributed by atoms with van der Waals surface area (Å²) in [6.07, 6.45) is 5.93. The summed E-state index contributed by atoms with van der Waals surface area (Å²) in [6.45, 7) is 6.98. The van der Waals surface area contributed by atoms with Crippen LogP contribution in [0.4, 0.5) is 0 Å². The first-order chi connectivity index (χ1) is 7.74. The van der Waals surface area contributed by atoms with Gasteiger partial charge in [-0.25, -0.2) is 0 Å². The van der Waals surface area contributed by atoms with Gasteiger partial charge in [-0.2, -0.15) is 0 Å². The Morgan fingerprint density at radius 1 is 1.31 bits per heavy atom. The molecule has 0 aromatic rings. The van der Waals surface area contributed by atoms with Gasteiger partial charge in [0.05, 0.1) is 0 Å². The fourth-order valence-electron chi connectivity index (χ4n) is 2.41. The molecular weight excluding hydrogens is 200 g/mol. The first-order valence-electron chi connectivity index (χ1n) is 6.71. The van der Waals surface area contributed by atoms with Crippen molar-refractivity contribution in [1.29, 1.82) is 0 Å². The van der Waals surface area contributed by atoms with Crippen molar-refractivity contribution in [3.05, 3.63) is 0 Å². The molecular formula is C13H26N2O. The van der Waals surface area contributed by atoms with E-state index in [0.29, 0.717) is 12.3 Å². The normalized spacial score (nSPS) is 25.4. The molecule has 1 fully saturated rings. The lowest BCUT2D eigenvalue weighted by Gasteiger charge is -2.28. The molecule has 0 radical (unpaired) electrons. The maximum absolute atomic E-state index is 11.5. The minimum absolute atomic E-state index is 0.193. The molecule has 0 spiro atoms. The Morgan fingerprint density at radius 3 is 2.75 bits per heavy atom. The molecule has 2 atom stereocenters. The number of hydrogen-bond acceptors (Lipinski definition) is 2. The standard InChI is InChI=1S/C13H26N2O/c1-3-14-9-8-13(16)15-10-12-7-5-4-6-11(12)2/h11-12,14H,3-10H2,1-2H3,(H,15,16). The summed E-state index contributed by atoms with van der Waals surface area (Å²) in [5.74, 6) is 1.68. The lowest BCUT2D eigenvalue weighted by atomic mass is 9.80. The summed E-state index contributed by atoms with van der Waals surface area (Å²) in [6, 6.07) is 0. The molecule has 3 nitrogen and oxygen atoms in total. The fourth-order valence-corrected chi connectivity index (χ4v) is 2.41. The van der Waals surface area contributed by atoms with Gasteiger partial charge in [0, 0.05) is 19.5 Å². The van der Waals surface area contributed by atoms with Crippen LogP contribution in [-0.2, 0) is 4.79 Å². The quantitative estimate of drug-likeness (QED) is 0.679. The number of nitrogens with one attached hydrogen (secondary N) is 2. The second-order valence-corrected chi connectivity index (χ2v) is 4.93. The van der Waals surface area contributed by atoms with Crippen molar-refractivity contribution < 1.29 is 4.79 Å². The van der Waals surface area contributed by atoms with Gasteiger partial charge >= 0.3 is 0 Å². The van der Waals surface area contributed by atoms with E-state index in [4.69, 9.17) is 0 Å². The summed E-state index contributed by atoms with van der Waals surface area (Å²) in [4.78, 5) is 11.5. The zero-order valence-corrected chi connectivity index (χ0v) is 10.7. The minimum atomic E-state index is 0.193. The summed E-state index contributed by atoms with van der Waals surface area (Å²) >= 11 is 0. The van der Waals surface area contributed by atoms with Crippen molar-refractivity contribution >= 4 is 5.91 Å². The van der Waals surface area contributed by atoms with Crippen LogP contribution in [0.2, 0.25) is 0 Å². The summed E-state index contributed by atoms with van der Waals surface area (Å²) in [5.41, 5.74) is 0. The molecule has 1 saturated carbocycles. The molecule has 2 unspecified atom stereocenters. The summed E-state index contributed by atoms with van der Waals surface area (Å²) in [5, 5.41) is 6.23. The van der Waals surface area contributed by atoms with Gasteiger partial charge in [-0.1, -0.05) is 33.1 Å². The lowest BCUT2D eigenvalue weighted by Crippen LogP contribution is -2.34. The Balaban J connectivity index is 2.10. The number of carbonyl (C=O) groups excluding carboxylic acids is 1. The van der Waals surface area contributed by atoms with Crippen LogP contribution in [0.3, 0.4) is 0 Å². The predicted molar refractivity (Wildman–Crippen MR) is 67.3 cm³/mol. The zero-order chi connectivity index (χ0) is 11.8.